The second kappa shape index (κ2) is 7.57. The number of nitro benzene ring substituents is 1. The Morgan fingerprint density at radius 1 is 1.16 bits per heavy atom. The normalized spacial score (nSPS) is 11.2. The molecular weight excluding hydrogens is 415 g/mol. The summed E-state index contributed by atoms with van der Waals surface area (Å²) >= 11 is 17.3. The minimum atomic E-state index is -4.36. The fraction of sp³-hybridized carbons (Fsp3) is 0.0714. The summed E-state index contributed by atoms with van der Waals surface area (Å²) in [5.41, 5.74) is -0.495. The van der Waals surface area contributed by atoms with Crippen LogP contribution >= 0.6 is 34.8 Å². The second-order valence-electron chi connectivity index (χ2n) is 4.69. The standard InChI is InChI=1S/C14H9Cl3N2O5S/c15-11-5-2-6-12(14(11)17)18(8-13(16)20)25(23,24)10-4-1-3-9(7-10)19(21)22/h1-7H,8H2. The van der Waals surface area contributed by atoms with E-state index in [9.17, 15) is 23.3 Å². The molecule has 0 aliphatic heterocycles. The largest absolute Gasteiger partial charge is 0.279 e. The quantitative estimate of drug-likeness (QED) is 0.399. The summed E-state index contributed by atoms with van der Waals surface area (Å²) in [5.74, 6) is 0. The minimum absolute atomic E-state index is 0.0698. The topological polar surface area (TPSA) is 97.6 Å². The van der Waals surface area contributed by atoms with E-state index in [0.717, 1.165) is 18.2 Å². The van der Waals surface area contributed by atoms with E-state index in [-0.39, 0.29) is 15.7 Å². The molecule has 25 heavy (non-hydrogen) atoms. The van der Waals surface area contributed by atoms with Crippen LogP contribution in [0.5, 0.6) is 0 Å². The van der Waals surface area contributed by atoms with Crippen LogP contribution in [0.4, 0.5) is 11.4 Å². The van der Waals surface area contributed by atoms with Gasteiger partial charge in [-0.2, -0.15) is 0 Å². The molecular formula is C14H9Cl3N2O5S. The Bertz CT molecular complexity index is 949. The first-order chi connectivity index (χ1) is 11.6. The molecule has 0 bridgehead atoms. The highest BCUT2D eigenvalue weighted by atomic mass is 35.5. The Hall–Kier alpha value is -1.87. The first-order valence-corrected chi connectivity index (χ1v) is 9.11. The van der Waals surface area contributed by atoms with Crippen LogP contribution in [0.25, 0.3) is 0 Å². The summed E-state index contributed by atoms with van der Waals surface area (Å²) in [6.07, 6.45) is 0. The zero-order valence-electron chi connectivity index (χ0n) is 12.2. The first-order valence-electron chi connectivity index (χ1n) is 6.54. The molecule has 7 nitrogen and oxygen atoms in total. The molecule has 2 aromatic rings. The van der Waals surface area contributed by atoms with Crippen LogP contribution in [0.15, 0.2) is 47.4 Å². The molecule has 132 valence electrons. The van der Waals surface area contributed by atoms with Gasteiger partial charge in [0, 0.05) is 12.1 Å². The molecule has 0 aliphatic carbocycles. The predicted octanol–water partition coefficient (Wildman–Crippen LogP) is 3.86. The van der Waals surface area contributed by atoms with E-state index in [0.29, 0.717) is 4.31 Å². The lowest BCUT2D eigenvalue weighted by atomic mass is 10.3. The van der Waals surface area contributed by atoms with Crippen molar-refractivity contribution in [3.63, 3.8) is 0 Å². The number of nitro groups is 1. The van der Waals surface area contributed by atoms with Gasteiger partial charge in [-0.1, -0.05) is 35.3 Å². The Labute approximate surface area is 157 Å². The number of non-ortho nitro benzene ring substituents is 1. The van der Waals surface area contributed by atoms with Gasteiger partial charge < -0.3 is 0 Å². The van der Waals surface area contributed by atoms with Crippen LogP contribution < -0.4 is 4.31 Å². The molecule has 0 heterocycles. The number of nitrogens with zero attached hydrogens (tertiary/aromatic N) is 2. The Morgan fingerprint density at radius 3 is 2.40 bits per heavy atom. The van der Waals surface area contributed by atoms with Gasteiger partial charge in [0.05, 0.1) is 25.6 Å². The number of anilines is 1. The van der Waals surface area contributed by atoms with Crippen molar-refractivity contribution in [2.24, 2.45) is 0 Å². The zero-order chi connectivity index (χ0) is 18.8. The maximum Gasteiger partial charge on any atom is 0.270 e. The van der Waals surface area contributed by atoms with Crippen molar-refractivity contribution in [1.29, 1.82) is 0 Å². The van der Waals surface area contributed by atoms with Gasteiger partial charge in [0.2, 0.25) is 5.24 Å². The van der Waals surface area contributed by atoms with Crippen molar-refractivity contribution in [2.45, 2.75) is 4.90 Å². The Balaban J connectivity index is 2.64. The van der Waals surface area contributed by atoms with E-state index in [2.05, 4.69) is 0 Å². The van der Waals surface area contributed by atoms with Gasteiger partial charge in [0.15, 0.2) is 0 Å². The molecule has 0 aliphatic rings. The van der Waals surface area contributed by atoms with Gasteiger partial charge in [-0.15, -0.1) is 0 Å². The van der Waals surface area contributed by atoms with Crippen molar-refractivity contribution in [3.05, 3.63) is 62.6 Å². The third-order valence-electron chi connectivity index (χ3n) is 3.08. The van der Waals surface area contributed by atoms with Crippen molar-refractivity contribution >= 4 is 61.4 Å². The lowest BCUT2D eigenvalue weighted by molar-refractivity contribution is -0.385. The predicted molar refractivity (Wildman–Crippen MR) is 95.0 cm³/mol. The van der Waals surface area contributed by atoms with Gasteiger partial charge in [0.1, 0.15) is 6.54 Å². The molecule has 0 amide bonds. The summed E-state index contributed by atoms with van der Waals surface area (Å²) in [5, 5.41) is 9.88. The van der Waals surface area contributed by atoms with Crippen LogP contribution in [0.2, 0.25) is 10.0 Å². The molecule has 0 aromatic heterocycles. The van der Waals surface area contributed by atoms with E-state index in [4.69, 9.17) is 34.8 Å². The fourth-order valence-corrected chi connectivity index (χ4v) is 4.09. The zero-order valence-corrected chi connectivity index (χ0v) is 15.3. The molecule has 0 atom stereocenters. The maximum atomic E-state index is 12.9. The highest BCUT2D eigenvalue weighted by Gasteiger charge is 2.30. The molecule has 0 spiro atoms. The molecule has 0 unspecified atom stereocenters. The van der Waals surface area contributed by atoms with Gasteiger partial charge in [-0.05, 0) is 29.8 Å². The van der Waals surface area contributed by atoms with Crippen molar-refractivity contribution in [1.82, 2.24) is 0 Å². The van der Waals surface area contributed by atoms with Crippen LogP contribution in [0.1, 0.15) is 0 Å². The summed E-state index contributed by atoms with van der Waals surface area (Å²) in [6.45, 7) is -0.730. The number of sulfonamides is 1. The number of halogens is 3. The summed E-state index contributed by atoms with van der Waals surface area (Å²) in [7, 11) is -4.36. The Morgan fingerprint density at radius 2 is 1.80 bits per heavy atom. The van der Waals surface area contributed by atoms with Gasteiger partial charge in [-0.25, -0.2) is 8.42 Å². The number of hydrogen-bond donors (Lipinski definition) is 0. The second-order valence-corrected chi connectivity index (χ2v) is 7.76. The third kappa shape index (κ3) is 4.21. The summed E-state index contributed by atoms with van der Waals surface area (Å²) in [4.78, 5) is 21.1. The maximum absolute atomic E-state index is 12.9. The van der Waals surface area contributed by atoms with Crippen LogP contribution in [-0.2, 0) is 14.8 Å². The van der Waals surface area contributed by atoms with Crippen molar-refractivity contribution < 1.29 is 18.1 Å². The number of rotatable bonds is 6. The molecule has 0 saturated carbocycles. The monoisotopic (exact) mass is 422 g/mol. The smallest absolute Gasteiger partial charge is 0.270 e. The summed E-state index contributed by atoms with van der Waals surface area (Å²) in [6, 6.07) is 8.61. The third-order valence-corrected chi connectivity index (χ3v) is 5.77. The first kappa shape index (κ1) is 19.5. The highest BCUT2D eigenvalue weighted by molar-refractivity contribution is 7.92. The van der Waals surface area contributed by atoms with E-state index in [1.807, 2.05) is 0 Å². The molecule has 0 N–H and O–H groups in total. The molecule has 0 fully saturated rings. The van der Waals surface area contributed by atoms with Crippen LogP contribution in [0, 0.1) is 10.1 Å². The van der Waals surface area contributed by atoms with Gasteiger partial charge in [0.25, 0.3) is 15.7 Å². The van der Waals surface area contributed by atoms with Crippen LogP contribution in [0.3, 0.4) is 0 Å². The lowest BCUT2D eigenvalue weighted by Crippen LogP contribution is -2.34. The molecule has 0 saturated heterocycles. The van der Waals surface area contributed by atoms with E-state index in [1.54, 1.807) is 0 Å². The van der Waals surface area contributed by atoms with Gasteiger partial charge in [-0.3, -0.25) is 19.2 Å². The SMILES string of the molecule is O=C(Cl)CN(c1cccc(Cl)c1Cl)S(=O)(=O)c1cccc([N+](=O)[O-])c1. The summed E-state index contributed by atoms with van der Waals surface area (Å²) < 4.78 is 26.4. The lowest BCUT2D eigenvalue weighted by Gasteiger charge is -2.24. The average molecular weight is 424 g/mol. The molecule has 0 radical (unpaired) electrons. The van der Waals surface area contributed by atoms with E-state index < -0.39 is 37.3 Å². The highest BCUT2D eigenvalue weighted by Crippen LogP contribution is 2.35. The Kier molecular flexibility index (Phi) is 5.89. The van der Waals surface area contributed by atoms with Crippen LogP contribution in [-0.4, -0.2) is 25.1 Å². The number of carbonyl (C=O) groups is 1. The van der Waals surface area contributed by atoms with Crippen molar-refractivity contribution in [3.8, 4) is 0 Å². The van der Waals surface area contributed by atoms with Crippen molar-refractivity contribution in [2.75, 3.05) is 10.8 Å². The minimum Gasteiger partial charge on any atom is -0.279 e. The molecule has 2 aromatic carbocycles. The van der Waals surface area contributed by atoms with Gasteiger partial charge >= 0.3 is 0 Å². The molecule has 11 heteroatoms. The fourth-order valence-electron chi connectivity index (χ4n) is 1.98. The number of hydrogen-bond acceptors (Lipinski definition) is 5. The number of carbonyl (C=O) groups excluding carboxylic acids is 1. The van der Waals surface area contributed by atoms with E-state index in [1.165, 1.54) is 24.3 Å². The van der Waals surface area contributed by atoms with E-state index >= 15 is 0 Å². The average Bonchev–Trinajstić information content (AvgIpc) is 2.55. The molecule has 2 rings (SSSR count). The number of benzene rings is 2.